The molecular weight excluding hydrogens is 282 g/mol. The zero-order valence-electron chi connectivity index (χ0n) is 12.6. The lowest BCUT2D eigenvalue weighted by Gasteiger charge is -2.31. The van der Waals surface area contributed by atoms with E-state index in [9.17, 15) is 0 Å². The zero-order valence-corrected chi connectivity index (χ0v) is 13.5. The number of rotatable bonds is 2. The van der Waals surface area contributed by atoms with Crippen LogP contribution < -0.4 is 5.32 Å². The predicted molar refractivity (Wildman–Crippen MR) is 83.9 cm³/mol. The van der Waals surface area contributed by atoms with Gasteiger partial charge in [-0.1, -0.05) is 37.5 Å². The molecule has 0 amide bonds. The summed E-state index contributed by atoms with van der Waals surface area (Å²) in [7, 11) is 0. The molecule has 2 aromatic heterocycles. The smallest absolute Gasteiger partial charge is 0.234 e. The largest absolute Gasteiger partial charge is 0.316 e. The van der Waals surface area contributed by atoms with Crippen LogP contribution in [0.4, 0.5) is 0 Å². The van der Waals surface area contributed by atoms with Crippen molar-refractivity contribution >= 4 is 16.3 Å². The summed E-state index contributed by atoms with van der Waals surface area (Å²) in [5.41, 5.74) is 0.160. The van der Waals surface area contributed by atoms with Crippen molar-refractivity contribution in [2.75, 3.05) is 13.1 Å². The van der Waals surface area contributed by atoms with E-state index in [-0.39, 0.29) is 5.41 Å². The highest BCUT2D eigenvalue weighted by Crippen LogP contribution is 2.36. The van der Waals surface area contributed by atoms with Crippen LogP contribution in [0.15, 0.2) is 0 Å². The van der Waals surface area contributed by atoms with Crippen LogP contribution >= 0.6 is 11.3 Å². The summed E-state index contributed by atoms with van der Waals surface area (Å²) >= 11 is 1.73. The Morgan fingerprint density at radius 1 is 1.19 bits per heavy atom. The van der Waals surface area contributed by atoms with E-state index >= 15 is 0 Å². The maximum Gasteiger partial charge on any atom is 0.234 e. The summed E-state index contributed by atoms with van der Waals surface area (Å²) in [6.07, 6.45) is 8.93. The SMILES string of the molecule is CC1(c2nn3c(C4CCCCC4)nnc3s2)CCCNC1. The molecule has 21 heavy (non-hydrogen) atoms. The Kier molecular flexibility index (Phi) is 3.46. The minimum atomic E-state index is 0.160. The molecule has 0 spiro atoms. The first-order valence-electron chi connectivity index (χ1n) is 8.20. The van der Waals surface area contributed by atoms with E-state index in [0.717, 1.165) is 23.9 Å². The lowest BCUT2D eigenvalue weighted by atomic mass is 9.83. The molecule has 3 heterocycles. The first-order chi connectivity index (χ1) is 10.3. The third kappa shape index (κ3) is 2.38. The van der Waals surface area contributed by atoms with E-state index in [1.54, 1.807) is 11.3 Å². The molecule has 1 saturated carbocycles. The summed E-state index contributed by atoms with van der Waals surface area (Å²) in [5, 5.41) is 18.5. The van der Waals surface area contributed by atoms with Gasteiger partial charge in [0.05, 0.1) is 0 Å². The fourth-order valence-electron chi connectivity index (χ4n) is 3.73. The van der Waals surface area contributed by atoms with Gasteiger partial charge in [-0.05, 0) is 32.2 Å². The molecule has 2 fully saturated rings. The van der Waals surface area contributed by atoms with Crippen LogP contribution in [-0.4, -0.2) is 32.9 Å². The average Bonchev–Trinajstić information content (AvgIpc) is 3.09. The minimum Gasteiger partial charge on any atom is -0.316 e. The van der Waals surface area contributed by atoms with Crippen molar-refractivity contribution in [1.29, 1.82) is 0 Å². The standard InChI is InChI=1S/C15H23N5S/c1-15(8-5-9-16-10-15)13-19-20-12(17-18-14(20)21-13)11-6-3-2-4-7-11/h11,16H,2-10H2,1H3. The van der Waals surface area contributed by atoms with Crippen LogP contribution in [0.1, 0.15) is 68.6 Å². The lowest BCUT2D eigenvalue weighted by Crippen LogP contribution is -2.41. The second kappa shape index (κ2) is 5.32. The molecule has 6 heteroatoms. The first-order valence-corrected chi connectivity index (χ1v) is 9.01. The van der Waals surface area contributed by atoms with Gasteiger partial charge in [-0.15, -0.1) is 10.2 Å². The number of nitrogens with zero attached hydrogens (tertiary/aromatic N) is 4. The Bertz CT molecular complexity index is 619. The molecule has 4 rings (SSSR count). The Hall–Kier alpha value is -1.01. The minimum absolute atomic E-state index is 0.160. The van der Waals surface area contributed by atoms with Crippen LogP contribution in [0.5, 0.6) is 0 Å². The molecular formula is C15H23N5S. The summed E-state index contributed by atoms with van der Waals surface area (Å²) in [6, 6.07) is 0. The van der Waals surface area contributed by atoms with E-state index in [1.807, 2.05) is 4.52 Å². The highest BCUT2D eigenvalue weighted by atomic mass is 32.1. The quantitative estimate of drug-likeness (QED) is 0.927. The van der Waals surface area contributed by atoms with Gasteiger partial charge in [-0.3, -0.25) is 0 Å². The van der Waals surface area contributed by atoms with Crippen LogP contribution in [-0.2, 0) is 5.41 Å². The van der Waals surface area contributed by atoms with Crippen molar-refractivity contribution in [1.82, 2.24) is 25.1 Å². The summed E-state index contributed by atoms with van der Waals surface area (Å²) in [6.45, 7) is 4.48. The van der Waals surface area contributed by atoms with Gasteiger partial charge in [0.25, 0.3) is 0 Å². The van der Waals surface area contributed by atoms with E-state index in [1.165, 1.54) is 50.0 Å². The van der Waals surface area contributed by atoms with Crippen molar-refractivity contribution in [3.63, 3.8) is 0 Å². The molecule has 0 radical (unpaired) electrons. The van der Waals surface area contributed by atoms with Crippen LogP contribution in [0.2, 0.25) is 0 Å². The molecule has 1 atom stereocenters. The van der Waals surface area contributed by atoms with E-state index < -0.39 is 0 Å². The van der Waals surface area contributed by atoms with Crippen LogP contribution in [0.25, 0.3) is 4.96 Å². The maximum absolute atomic E-state index is 4.91. The highest BCUT2D eigenvalue weighted by molar-refractivity contribution is 7.16. The first kappa shape index (κ1) is 13.6. The molecule has 114 valence electrons. The average molecular weight is 305 g/mol. The number of hydrogen-bond donors (Lipinski definition) is 1. The molecule has 5 nitrogen and oxygen atoms in total. The number of piperidine rings is 1. The summed E-state index contributed by atoms with van der Waals surface area (Å²) in [5.74, 6) is 1.65. The predicted octanol–water partition coefficient (Wildman–Crippen LogP) is 2.87. The number of hydrogen-bond acceptors (Lipinski definition) is 5. The van der Waals surface area contributed by atoms with Gasteiger partial charge in [0.1, 0.15) is 5.01 Å². The molecule has 2 aliphatic rings. The van der Waals surface area contributed by atoms with Gasteiger partial charge in [0, 0.05) is 17.9 Å². The molecule has 1 saturated heterocycles. The molecule has 1 N–H and O–H groups in total. The molecule has 1 aliphatic heterocycles. The third-order valence-electron chi connectivity index (χ3n) is 5.10. The topological polar surface area (TPSA) is 55.1 Å². The van der Waals surface area contributed by atoms with Crippen molar-refractivity contribution < 1.29 is 0 Å². The second-order valence-corrected chi connectivity index (χ2v) is 7.79. The molecule has 1 aliphatic carbocycles. The van der Waals surface area contributed by atoms with Gasteiger partial charge in [0.2, 0.25) is 4.96 Å². The van der Waals surface area contributed by atoms with Gasteiger partial charge >= 0.3 is 0 Å². The van der Waals surface area contributed by atoms with Crippen molar-refractivity contribution in [2.45, 2.75) is 63.2 Å². The monoisotopic (exact) mass is 305 g/mol. The maximum atomic E-state index is 4.91. The molecule has 0 aromatic carbocycles. The van der Waals surface area contributed by atoms with Crippen LogP contribution in [0, 0.1) is 0 Å². The van der Waals surface area contributed by atoms with Crippen LogP contribution in [0.3, 0.4) is 0 Å². The van der Waals surface area contributed by atoms with Gasteiger partial charge in [-0.25, -0.2) is 0 Å². The number of fused-ring (bicyclic) bond motifs is 1. The van der Waals surface area contributed by atoms with Crippen molar-refractivity contribution in [3.05, 3.63) is 10.8 Å². The Morgan fingerprint density at radius 2 is 2.05 bits per heavy atom. The Morgan fingerprint density at radius 3 is 2.81 bits per heavy atom. The Labute approximate surface area is 129 Å². The van der Waals surface area contributed by atoms with Crippen molar-refractivity contribution in [2.24, 2.45) is 0 Å². The second-order valence-electron chi connectivity index (χ2n) is 6.84. The van der Waals surface area contributed by atoms with E-state index in [4.69, 9.17) is 5.10 Å². The zero-order chi connectivity index (χ0) is 14.3. The third-order valence-corrected chi connectivity index (χ3v) is 6.30. The fourth-order valence-corrected chi connectivity index (χ4v) is 4.75. The van der Waals surface area contributed by atoms with Gasteiger partial charge < -0.3 is 5.32 Å². The molecule has 0 bridgehead atoms. The normalized spacial score (nSPS) is 28.2. The summed E-state index contributed by atoms with van der Waals surface area (Å²) < 4.78 is 2.04. The fraction of sp³-hybridized carbons (Fsp3) is 0.800. The number of nitrogens with one attached hydrogen (secondary N) is 1. The highest BCUT2D eigenvalue weighted by Gasteiger charge is 2.33. The number of aromatic nitrogens is 4. The molecule has 1 unspecified atom stereocenters. The van der Waals surface area contributed by atoms with E-state index in [2.05, 4.69) is 22.4 Å². The van der Waals surface area contributed by atoms with Crippen molar-refractivity contribution in [3.8, 4) is 0 Å². The summed E-state index contributed by atoms with van der Waals surface area (Å²) in [4.78, 5) is 0.970. The van der Waals surface area contributed by atoms with E-state index in [0.29, 0.717) is 5.92 Å². The molecule has 2 aromatic rings. The van der Waals surface area contributed by atoms with Gasteiger partial charge in [0.15, 0.2) is 5.82 Å². The lowest BCUT2D eigenvalue weighted by molar-refractivity contribution is 0.335. The van der Waals surface area contributed by atoms with Gasteiger partial charge in [-0.2, -0.15) is 9.61 Å². The Balaban J connectivity index is 1.68.